The fourth-order valence-corrected chi connectivity index (χ4v) is 9.10. The molecule has 4 atom stereocenters. The Labute approximate surface area is 377 Å². The molecule has 2 aliphatic heterocycles. The van der Waals surface area contributed by atoms with Crippen molar-refractivity contribution < 1.29 is 47.8 Å². The third kappa shape index (κ3) is 9.64. The van der Waals surface area contributed by atoms with Gasteiger partial charge in [-0.15, -0.1) is 0 Å². The first-order valence-electron chi connectivity index (χ1n) is 21.7. The van der Waals surface area contributed by atoms with Crippen molar-refractivity contribution in [2.45, 2.75) is 77.2 Å². The number of amides is 6. The van der Waals surface area contributed by atoms with Crippen LogP contribution in [0.2, 0.25) is 0 Å². The maximum Gasteiger partial charge on any atom is 0.343 e. The van der Waals surface area contributed by atoms with E-state index < -0.39 is 83.4 Å². The van der Waals surface area contributed by atoms with Gasteiger partial charge >= 0.3 is 5.97 Å². The van der Waals surface area contributed by atoms with E-state index in [0.29, 0.717) is 52.0 Å². The summed E-state index contributed by atoms with van der Waals surface area (Å²) < 4.78 is 22.4. The predicted octanol–water partition coefficient (Wildman–Crippen LogP) is -0.725. The standard InChI is InChI=1S/C46H52FN9O10/c1-3-46(65)31-15-35-42-29(21-56(35)44(63)30(31)22-66-45(46)64)28-13-25(12-27-23(2)32(47)16-33(55-42)41(27)28)26(14-36(49)57)17-50-39(60)19-53-43(62)34(11-24-7-5-4-6-8-24)54-40(61)20-52-38(59)18-51-37(58)9-10-48/h4-8,15-16,25-26,34,65H,3,9-14,17-22,48H2,1-2H3,(H2,49,57)(H,50,60)(H,51,58)(H,52,59)(H,53,62)(H,54,61)/t25?,26?,34?,46-/m0/s1. The maximum absolute atomic E-state index is 15.7. The monoisotopic (exact) mass is 909 g/mol. The summed E-state index contributed by atoms with van der Waals surface area (Å²) in [4.78, 5) is 108. The molecule has 1 aliphatic carbocycles. The largest absolute Gasteiger partial charge is 0.458 e. The van der Waals surface area contributed by atoms with Crippen molar-refractivity contribution in [1.82, 2.24) is 36.1 Å². The number of ether oxygens (including phenoxy) is 1. The number of rotatable bonds is 18. The molecule has 3 aliphatic rings. The van der Waals surface area contributed by atoms with Crippen molar-refractivity contribution in [1.29, 1.82) is 0 Å². The Balaban J connectivity index is 1.06. The summed E-state index contributed by atoms with van der Waals surface area (Å²) in [6.45, 7) is 1.75. The van der Waals surface area contributed by atoms with Gasteiger partial charge in [0.2, 0.25) is 35.4 Å². The van der Waals surface area contributed by atoms with Crippen LogP contribution < -0.4 is 43.6 Å². The SMILES string of the molecule is CC[C@@]1(O)C(=O)OCc2c1cc1n(c2=O)Cc2c-1nc1cc(F)c(C)c3c1c2CC(C(CNC(=O)CNC(=O)C(Cc1ccccc1)NC(=O)CNC(=O)CNC(=O)CCN)CC(N)=O)C3. The number of benzene rings is 2. The van der Waals surface area contributed by atoms with E-state index in [0.717, 1.165) is 10.9 Å². The quantitative estimate of drug-likeness (QED) is 0.0506. The highest BCUT2D eigenvalue weighted by Gasteiger charge is 2.46. The van der Waals surface area contributed by atoms with Gasteiger partial charge in [0, 0.05) is 54.9 Å². The lowest BCUT2D eigenvalue weighted by Crippen LogP contribution is -2.52. The number of esters is 1. The lowest BCUT2D eigenvalue weighted by Gasteiger charge is -2.33. The Bertz CT molecular complexity index is 2710. The zero-order chi connectivity index (χ0) is 47.4. The molecule has 0 radical (unpaired) electrons. The molecule has 10 N–H and O–H groups in total. The van der Waals surface area contributed by atoms with Crippen molar-refractivity contribution in [3.05, 3.63) is 97.6 Å². The molecule has 4 heterocycles. The number of fused-ring (bicyclic) bond motifs is 5. The van der Waals surface area contributed by atoms with Crippen molar-refractivity contribution in [3.63, 3.8) is 0 Å². The Morgan fingerprint density at radius 1 is 0.924 bits per heavy atom. The fourth-order valence-electron chi connectivity index (χ4n) is 9.10. The zero-order valence-electron chi connectivity index (χ0n) is 36.5. The smallest absolute Gasteiger partial charge is 0.343 e. The first-order chi connectivity index (χ1) is 31.5. The molecular formula is C46H52FN9O10. The predicted molar refractivity (Wildman–Crippen MR) is 235 cm³/mol. The molecule has 0 saturated heterocycles. The van der Waals surface area contributed by atoms with Crippen LogP contribution in [-0.2, 0) is 76.3 Å². The molecule has 7 rings (SSSR count). The summed E-state index contributed by atoms with van der Waals surface area (Å²) >= 11 is 0. The number of carbonyl (C=O) groups excluding carboxylic acids is 7. The lowest BCUT2D eigenvalue weighted by atomic mass is 9.73. The third-order valence-electron chi connectivity index (χ3n) is 12.7. The van der Waals surface area contributed by atoms with Gasteiger partial charge < -0.3 is 52.5 Å². The normalized spacial score (nSPS) is 17.6. The molecule has 348 valence electrons. The lowest BCUT2D eigenvalue weighted by molar-refractivity contribution is -0.172. The van der Waals surface area contributed by atoms with E-state index in [1.54, 1.807) is 50.2 Å². The minimum absolute atomic E-state index is 0.0316. The number of cyclic esters (lactones) is 1. The number of nitrogens with one attached hydrogen (secondary N) is 5. The van der Waals surface area contributed by atoms with Crippen LogP contribution in [0.25, 0.3) is 22.3 Å². The fraction of sp³-hybridized carbons (Fsp3) is 0.413. The van der Waals surface area contributed by atoms with Crippen LogP contribution in [0, 0.1) is 24.6 Å². The molecule has 66 heavy (non-hydrogen) atoms. The van der Waals surface area contributed by atoms with Gasteiger partial charge in [0.1, 0.15) is 18.5 Å². The highest BCUT2D eigenvalue weighted by atomic mass is 19.1. The summed E-state index contributed by atoms with van der Waals surface area (Å²) in [6, 6.07) is 10.6. The number of hydrogen-bond acceptors (Lipinski definition) is 12. The van der Waals surface area contributed by atoms with Gasteiger partial charge in [0.05, 0.1) is 48.6 Å². The molecule has 3 unspecified atom stereocenters. The van der Waals surface area contributed by atoms with E-state index in [9.17, 15) is 43.5 Å². The van der Waals surface area contributed by atoms with E-state index in [2.05, 4.69) is 26.6 Å². The van der Waals surface area contributed by atoms with Gasteiger partial charge in [0.25, 0.3) is 5.56 Å². The van der Waals surface area contributed by atoms with E-state index in [4.69, 9.17) is 21.2 Å². The number of carbonyl (C=O) groups is 7. The number of halogens is 1. The second-order valence-electron chi connectivity index (χ2n) is 16.9. The molecule has 0 spiro atoms. The van der Waals surface area contributed by atoms with Crippen LogP contribution in [0.3, 0.4) is 0 Å². The van der Waals surface area contributed by atoms with E-state index in [1.807, 2.05) is 0 Å². The number of nitrogens with zero attached hydrogens (tertiary/aromatic N) is 2. The Morgan fingerprint density at radius 3 is 2.32 bits per heavy atom. The van der Waals surface area contributed by atoms with E-state index in [-0.39, 0.29) is 75.5 Å². The van der Waals surface area contributed by atoms with Crippen LogP contribution in [0.5, 0.6) is 0 Å². The highest BCUT2D eigenvalue weighted by Crippen LogP contribution is 2.45. The van der Waals surface area contributed by atoms with Gasteiger partial charge in [-0.3, -0.25) is 33.6 Å². The third-order valence-corrected chi connectivity index (χ3v) is 12.7. The molecule has 2 aromatic carbocycles. The minimum Gasteiger partial charge on any atom is -0.458 e. The molecule has 6 amide bonds. The molecule has 4 aromatic rings. The van der Waals surface area contributed by atoms with Crippen LogP contribution in [-0.4, -0.2) is 94.8 Å². The Hall–Kier alpha value is -7.06. The van der Waals surface area contributed by atoms with Gasteiger partial charge in [0.15, 0.2) is 5.60 Å². The summed E-state index contributed by atoms with van der Waals surface area (Å²) in [5, 5.41) is 24.8. The molecule has 19 nitrogen and oxygen atoms in total. The summed E-state index contributed by atoms with van der Waals surface area (Å²) in [5.41, 5.74) is 13.3. The van der Waals surface area contributed by atoms with Crippen LogP contribution in [0.1, 0.15) is 65.1 Å². The summed E-state index contributed by atoms with van der Waals surface area (Å²) in [6.07, 6.45) is 0.556. The number of pyridine rings is 2. The molecule has 0 fully saturated rings. The zero-order valence-corrected chi connectivity index (χ0v) is 36.5. The molecule has 20 heteroatoms. The van der Waals surface area contributed by atoms with Crippen molar-refractivity contribution in [3.8, 4) is 11.4 Å². The molecular weight excluding hydrogens is 858 g/mol. The van der Waals surface area contributed by atoms with Gasteiger partial charge in [-0.2, -0.15) is 0 Å². The molecule has 0 saturated carbocycles. The summed E-state index contributed by atoms with van der Waals surface area (Å²) in [7, 11) is 0. The second kappa shape index (κ2) is 19.6. The number of aromatic nitrogens is 2. The number of primary amides is 1. The average Bonchev–Trinajstić information content (AvgIpc) is 3.67. The molecule has 2 aromatic heterocycles. The van der Waals surface area contributed by atoms with Crippen molar-refractivity contribution in [2.75, 3.05) is 32.7 Å². The second-order valence-corrected chi connectivity index (χ2v) is 16.9. The van der Waals surface area contributed by atoms with E-state index >= 15 is 4.39 Å². The highest BCUT2D eigenvalue weighted by molar-refractivity contribution is 5.94. The topological polar surface area (TPSA) is 296 Å². The van der Waals surface area contributed by atoms with Gasteiger partial charge in [-0.05, 0) is 66.3 Å². The van der Waals surface area contributed by atoms with Crippen LogP contribution in [0.15, 0.2) is 47.3 Å². The number of aliphatic hydroxyl groups is 1. The number of hydrogen-bond donors (Lipinski definition) is 8. The first-order valence-corrected chi connectivity index (χ1v) is 21.7. The average molecular weight is 910 g/mol. The Morgan fingerprint density at radius 2 is 1.61 bits per heavy atom. The first kappa shape index (κ1) is 46.9. The number of nitrogens with two attached hydrogens (primary N) is 2. The van der Waals surface area contributed by atoms with E-state index in [1.165, 1.54) is 10.6 Å². The van der Waals surface area contributed by atoms with Crippen molar-refractivity contribution in [2.24, 2.45) is 23.3 Å². The minimum atomic E-state index is -2.04. The Kier molecular flexibility index (Phi) is 13.9. The van der Waals surface area contributed by atoms with Crippen LogP contribution >= 0.6 is 0 Å². The van der Waals surface area contributed by atoms with Gasteiger partial charge in [-0.1, -0.05) is 37.3 Å². The van der Waals surface area contributed by atoms with Gasteiger partial charge in [-0.25, -0.2) is 14.2 Å². The maximum atomic E-state index is 15.7. The molecule has 0 bridgehead atoms. The van der Waals surface area contributed by atoms with Crippen molar-refractivity contribution >= 4 is 52.3 Å². The summed E-state index contributed by atoms with van der Waals surface area (Å²) in [5.74, 6) is -5.98. The van der Waals surface area contributed by atoms with Crippen LogP contribution in [0.4, 0.5) is 4.39 Å².